The van der Waals surface area contributed by atoms with Crippen LogP contribution in [0.2, 0.25) is 0 Å². The number of carbonyl (C=O) groups is 3. The lowest BCUT2D eigenvalue weighted by molar-refractivity contribution is -0.143. The van der Waals surface area contributed by atoms with Crippen molar-refractivity contribution in [2.45, 2.75) is 24.9 Å². The molecule has 2 aromatic rings. The first-order valence-corrected chi connectivity index (χ1v) is 9.56. The number of rotatable bonds is 8. The summed E-state index contributed by atoms with van der Waals surface area (Å²) in [5.74, 6) is -1.96. The van der Waals surface area contributed by atoms with Crippen LogP contribution in [-0.4, -0.2) is 55.5 Å². The molecule has 0 spiro atoms. The molecule has 1 aliphatic carbocycles. The van der Waals surface area contributed by atoms with Gasteiger partial charge in [-0.2, -0.15) is 0 Å². The van der Waals surface area contributed by atoms with Crippen molar-refractivity contribution in [3.05, 3.63) is 59.7 Å². The number of alkyl carbamates (subject to hydrolysis) is 1. The molecule has 2 amide bonds. The molecule has 0 aliphatic heterocycles. The Morgan fingerprint density at radius 3 is 2.10 bits per heavy atom. The van der Waals surface area contributed by atoms with Gasteiger partial charge in [-0.3, -0.25) is 4.79 Å². The Kier molecular flexibility index (Phi) is 6.68. The average molecular weight is 412 g/mol. The molecule has 30 heavy (non-hydrogen) atoms. The fourth-order valence-electron chi connectivity index (χ4n) is 3.52. The Bertz CT molecular complexity index is 899. The lowest BCUT2D eigenvalue weighted by Gasteiger charge is -2.19. The lowest BCUT2D eigenvalue weighted by atomic mass is 9.98. The molecule has 0 heterocycles. The summed E-state index contributed by atoms with van der Waals surface area (Å²) in [6, 6.07) is 13.8. The summed E-state index contributed by atoms with van der Waals surface area (Å²) >= 11 is 0. The van der Waals surface area contributed by atoms with E-state index in [2.05, 4.69) is 10.6 Å². The zero-order valence-corrected chi connectivity index (χ0v) is 16.8. The Morgan fingerprint density at radius 1 is 1.00 bits per heavy atom. The van der Waals surface area contributed by atoms with Gasteiger partial charge in [-0.15, -0.1) is 0 Å². The number of methoxy groups -OCH3 is 1. The van der Waals surface area contributed by atoms with E-state index in [1.54, 1.807) is 0 Å². The minimum Gasteiger partial charge on any atom is -0.480 e. The first-order chi connectivity index (χ1) is 14.4. The standard InChI is InChI=1S/C22H24N2O6/c1-13(20(25)24-19(12-29-2)21(26)27)23-22(28)30-11-18-16-9-5-3-7-14(16)15-8-4-6-10-17(15)18/h3-10,13,18-19H,11-12H2,1-2H3,(H,23,28)(H,24,25)(H,26,27)/t13?,19-/m0/s1. The second-order valence-corrected chi connectivity index (χ2v) is 7.05. The Balaban J connectivity index is 1.58. The summed E-state index contributed by atoms with van der Waals surface area (Å²) in [6.45, 7) is 1.39. The number of carbonyl (C=O) groups excluding carboxylic acids is 2. The first-order valence-electron chi connectivity index (χ1n) is 9.56. The van der Waals surface area contributed by atoms with Gasteiger partial charge in [-0.25, -0.2) is 9.59 Å². The third-order valence-electron chi connectivity index (χ3n) is 5.02. The van der Waals surface area contributed by atoms with Crippen molar-refractivity contribution >= 4 is 18.0 Å². The average Bonchev–Trinajstić information content (AvgIpc) is 3.05. The van der Waals surface area contributed by atoms with Crippen LogP contribution in [0.3, 0.4) is 0 Å². The van der Waals surface area contributed by atoms with Crippen molar-refractivity contribution in [3.63, 3.8) is 0 Å². The summed E-state index contributed by atoms with van der Waals surface area (Å²) in [4.78, 5) is 35.5. The Labute approximate surface area is 174 Å². The predicted octanol–water partition coefficient (Wildman–Crippen LogP) is 2.13. The number of carboxylic acids is 1. The molecular weight excluding hydrogens is 388 g/mol. The van der Waals surface area contributed by atoms with Gasteiger partial charge in [-0.1, -0.05) is 48.5 Å². The smallest absolute Gasteiger partial charge is 0.407 e. The van der Waals surface area contributed by atoms with Crippen LogP contribution >= 0.6 is 0 Å². The van der Waals surface area contributed by atoms with Gasteiger partial charge < -0.3 is 25.2 Å². The molecule has 1 unspecified atom stereocenters. The minimum absolute atomic E-state index is 0.0922. The summed E-state index contributed by atoms with van der Waals surface area (Å²) in [6.07, 6.45) is -0.752. The highest BCUT2D eigenvalue weighted by Crippen LogP contribution is 2.44. The normalized spacial score (nSPS) is 14.2. The molecule has 0 bridgehead atoms. The van der Waals surface area contributed by atoms with E-state index in [0.29, 0.717) is 0 Å². The molecule has 3 N–H and O–H groups in total. The molecule has 8 nitrogen and oxygen atoms in total. The molecule has 8 heteroatoms. The van der Waals surface area contributed by atoms with E-state index in [1.165, 1.54) is 14.0 Å². The van der Waals surface area contributed by atoms with Crippen molar-refractivity contribution in [2.24, 2.45) is 0 Å². The van der Waals surface area contributed by atoms with Gasteiger partial charge in [0.1, 0.15) is 12.6 Å². The van der Waals surface area contributed by atoms with Crippen LogP contribution in [0.5, 0.6) is 0 Å². The van der Waals surface area contributed by atoms with E-state index in [-0.39, 0.29) is 19.1 Å². The molecular formula is C22H24N2O6. The zero-order valence-electron chi connectivity index (χ0n) is 16.8. The molecule has 2 aromatic carbocycles. The van der Waals surface area contributed by atoms with Gasteiger partial charge in [0.05, 0.1) is 6.61 Å². The molecule has 158 valence electrons. The largest absolute Gasteiger partial charge is 0.480 e. The second kappa shape index (κ2) is 9.41. The molecule has 0 aromatic heterocycles. The van der Waals surface area contributed by atoms with Crippen molar-refractivity contribution in [3.8, 4) is 11.1 Å². The minimum atomic E-state index is -1.22. The maximum atomic E-state index is 12.2. The first kappa shape index (κ1) is 21.3. The molecule has 0 saturated carbocycles. The number of hydrogen-bond acceptors (Lipinski definition) is 5. The Hall–Kier alpha value is -3.39. The number of fused-ring (bicyclic) bond motifs is 3. The number of benzene rings is 2. The number of ether oxygens (including phenoxy) is 2. The maximum absolute atomic E-state index is 12.2. The third kappa shape index (κ3) is 4.60. The molecule has 1 aliphatic rings. The third-order valence-corrected chi connectivity index (χ3v) is 5.02. The van der Waals surface area contributed by atoms with Gasteiger partial charge in [0.25, 0.3) is 0 Å². The van der Waals surface area contributed by atoms with Crippen molar-refractivity contribution in [2.75, 3.05) is 20.3 Å². The van der Waals surface area contributed by atoms with Crippen molar-refractivity contribution in [1.29, 1.82) is 0 Å². The molecule has 0 saturated heterocycles. The summed E-state index contributed by atoms with van der Waals surface area (Å²) in [7, 11) is 1.33. The topological polar surface area (TPSA) is 114 Å². The fourth-order valence-corrected chi connectivity index (χ4v) is 3.52. The van der Waals surface area contributed by atoms with Gasteiger partial charge in [0, 0.05) is 13.0 Å². The van der Waals surface area contributed by atoms with E-state index in [0.717, 1.165) is 22.3 Å². The molecule has 2 atom stereocenters. The number of amides is 2. The van der Waals surface area contributed by atoms with E-state index in [4.69, 9.17) is 14.6 Å². The summed E-state index contributed by atoms with van der Waals surface area (Å²) < 4.78 is 10.2. The highest BCUT2D eigenvalue weighted by Gasteiger charge is 2.29. The molecule has 0 radical (unpaired) electrons. The summed E-state index contributed by atoms with van der Waals surface area (Å²) in [5, 5.41) is 13.8. The van der Waals surface area contributed by atoms with E-state index in [1.807, 2.05) is 48.5 Å². The van der Waals surface area contributed by atoms with Crippen LogP contribution < -0.4 is 10.6 Å². The monoisotopic (exact) mass is 412 g/mol. The van der Waals surface area contributed by atoms with Crippen LogP contribution in [0, 0.1) is 0 Å². The SMILES string of the molecule is COC[C@H](NC(=O)C(C)NC(=O)OCC1c2ccccc2-c2ccccc21)C(=O)O. The molecule has 0 fully saturated rings. The maximum Gasteiger partial charge on any atom is 0.407 e. The highest BCUT2D eigenvalue weighted by atomic mass is 16.5. The van der Waals surface area contributed by atoms with Crippen LogP contribution in [0.25, 0.3) is 11.1 Å². The van der Waals surface area contributed by atoms with Gasteiger partial charge >= 0.3 is 12.1 Å². The Morgan fingerprint density at radius 2 is 1.57 bits per heavy atom. The quantitative estimate of drug-likeness (QED) is 0.612. The van der Waals surface area contributed by atoms with E-state index in [9.17, 15) is 14.4 Å². The highest BCUT2D eigenvalue weighted by molar-refractivity contribution is 5.89. The van der Waals surface area contributed by atoms with E-state index >= 15 is 0 Å². The van der Waals surface area contributed by atoms with Gasteiger partial charge in [0.15, 0.2) is 6.04 Å². The van der Waals surface area contributed by atoms with Crippen LogP contribution in [-0.2, 0) is 19.1 Å². The van der Waals surface area contributed by atoms with Crippen LogP contribution in [0.15, 0.2) is 48.5 Å². The van der Waals surface area contributed by atoms with Crippen LogP contribution in [0.1, 0.15) is 24.0 Å². The lowest BCUT2D eigenvalue weighted by Crippen LogP contribution is -2.51. The van der Waals surface area contributed by atoms with E-state index < -0.39 is 30.1 Å². The van der Waals surface area contributed by atoms with Gasteiger partial charge in [-0.05, 0) is 29.2 Å². The predicted molar refractivity (Wildman–Crippen MR) is 109 cm³/mol. The van der Waals surface area contributed by atoms with Crippen molar-refractivity contribution < 1.29 is 29.0 Å². The zero-order chi connectivity index (χ0) is 21.7. The molecule has 3 rings (SSSR count). The fraction of sp³-hybridized carbons (Fsp3) is 0.318. The number of hydrogen-bond donors (Lipinski definition) is 3. The number of aliphatic carboxylic acids is 1. The van der Waals surface area contributed by atoms with Crippen molar-refractivity contribution in [1.82, 2.24) is 10.6 Å². The number of carboxylic acid groups (broad SMARTS) is 1. The second-order valence-electron chi connectivity index (χ2n) is 7.05. The van der Waals surface area contributed by atoms with Gasteiger partial charge in [0.2, 0.25) is 5.91 Å². The summed E-state index contributed by atoms with van der Waals surface area (Å²) in [5.41, 5.74) is 4.41. The van der Waals surface area contributed by atoms with Crippen LogP contribution in [0.4, 0.5) is 4.79 Å². The number of nitrogens with one attached hydrogen (secondary N) is 2.